The average molecular weight is 430 g/mol. The fourth-order valence-electron chi connectivity index (χ4n) is 4.63. The summed E-state index contributed by atoms with van der Waals surface area (Å²) in [7, 11) is -3.60. The third-order valence-corrected chi connectivity index (χ3v) is 9.04. The molecule has 2 aromatic rings. The second-order valence-electron chi connectivity index (χ2n) is 8.04. The first-order chi connectivity index (χ1) is 14.5. The van der Waals surface area contributed by atoms with Crippen LogP contribution in [0.3, 0.4) is 0 Å². The molecule has 3 heterocycles. The second-order valence-corrected chi connectivity index (χ2v) is 10.3. The van der Waals surface area contributed by atoms with E-state index >= 15 is 0 Å². The number of quaternary nitrogens is 1. The van der Waals surface area contributed by atoms with Crippen molar-refractivity contribution in [3.63, 3.8) is 0 Å². The van der Waals surface area contributed by atoms with Gasteiger partial charge in [0, 0.05) is 18.9 Å². The lowest BCUT2D eigenvalue weighted by molar-refractivity contribution is -0.890. The first-order valence-electron chi connectivity index (χ1n) is 10.4. The highest BCUT2D eigenvalue weighted by atomic mass is 32.2. The van der Waals surface area contributed by atoms with Crippen LogP contribution in [0.15, 0.2) is 50.9 Å². The Morgan fingerprint density at radius 3 is 2.57 bits per heavy atom. The monoisotopic (exact) mass is 429 g/mol. The molecule has 1 saturated carbocycles. The van der Waals surface area contributed by atoms with Crippen molar-refractivity contribution in [2.75, 3.05) is 19.8 Å². The van der Waals surface area contributed by atoms with E-state index in [2.05, 4.69) is 17.1 Å². The minimum absolute atomic E-state index is 0.246. The van der Waals surface area contributed by atoms with Gasteiger partial charge in [0.2, 0.25) is 5.70 Å². The van der Waals surface area contributed by atoms with Gasteiger partial charge in [0.05, 0.1) is 24.3 Å². The van der Waals surface area contributed by atoms with Crippen LogP contribution >= 0.6 is 0 Å². The molecule has 1 saturated heterocycles. The Morgan fingerprint density at radius 2 is 1.90 bits per heavy atom. The Balaban J connectivity index is 1.49. The van der Waals surface area contributed by atoms with E-state index in [0.717, 1.165) is 25.1 Å². The van der Waals surface area contributed by atoms with Gasteiger partial charge < -0.3 is 9.26 Å². The van der Waals surface area contributed by atoms with Crippen molar-refractivity contribution in [3.05, 3.63) is 48.1 Å². The summed E-state index contributed by atoms with van der Waals surface area (Å²) in [4.78, 5) is 4.89. The van der Waals surface area contributed by atoms with Crippen molar-refractivity contribution in [1.82, 2.24) is 10.1 Å². The minimum atomic E-state index is -3.60. The number of aromatic nitrogens is 2. The first kappa shape index (κ1) is 19.6. The van der Waals surface area contributed by atoms with E-state index in [1.807, 2.05) is 6.08 Å². The van der Waals surface area contributed by atoms with Crippen molar-refractivity contribution in [3.8, 4) is 0 Å². The lowest BCUT2D eigenvalue weighted by Gasteiger charge is -2.38. The van der Waals surface area contributed by atoms with Gasteiger partial charge in [-0.15, -0.1) is 0 Å². The van der Waals surface area contributed by atoms with Crippen LogP contribution < -0.4 is 0 Å². The third kappa shape index (κ3) is 2.79. The summed E-state index contributed by atoms with van der Waals surface area (Å²) in [6.07, 6.45) is 6.47. The molecule has 8 nitrogen and oxygen atoms in total. The number of hydrogen-bond donors (Lipinski definition) is 0. The maximum atomic E-state index is 13.3. The molecular weight excluding hydrogens is 404 g/mol. The van der Waals surface area contributed by atoms with Gasteiger partial charge in [-0.2, -0.15) is 9.58 Å². The van der Waals surface area contributed by atoms with Crippen LogP contribution in [-0.2, 0) is 19.3 Å². The number of rotatable bonds is 6. The van der Waals surface area contributed by atoms with E-state index in [9.17, 15) is 8.42 Å². The molecule has 1 aromatic heterocycles. The molecular formula is C21H25N4O4S+. The summed E-state index contributed by atoms with van der Waals surface area (Å²) in [5.74, 6) is 0.598. The van der Waals surface area contributed by atoms with Gasteiger partial charge in [-0.05, 0) is 31.9 Å². The molecule has 5 rings (SSSR count). The molecule has 1 unspecified atom stereocenters. The van der Waals surface area contributed by atoms with Crippen LogP contribution in [0, 0.1) is 0 Å². The molecule has 0 spiro atoms. The number of hydrogen-bond acceptors (Lipinski definition) is 7. The molecule has 9 heteroatoms. The Kier molecular flexibility index (Phi) is 4.64. The average Bonchev–Trinajstić information content (AvgIpc) is 3.28. The summed E-state index contributed by atoms with van der Waals surface area (Å²) in [6, 6.07) is 8.77. The Morgan fingerprint density at radius 1 is 1.17 bits per heavy atom. The van der Waals surface area contributed by atoms with Gasteiger partial charge in [-0.1, -0.05) is 28.5 Å². The zero-order valence-corrected chi connectivity index (χ0v) is 17.7. The van der Waals surface area contributed by atoms with Crippen LogP contribution in [0.25, 0.3) is 5.70 Å². The molecule has 0 N–H and O–H groups in total. The molecule has 2 fully saturated rings. The van der Waals surface area contributed by atoms with Gasteiger partial charge in [0.25, 0.3) is 0 Å². The Hall–Kier alpha value is -2.36. The predicted molar refractivity (Wildman–Crippen MR) is 110 cm³/mol. The van der Waals surface area contributed by atoms with Crippen LogP contribution in [-0.4, -0.2) is 55.2 Å². The van der Waals surface area contributed by atoms with Crippen molar-refractivity contribution in [2.45, 2.75) is 48.3 Å². The van der Waals surface area contributed by atoms with E-state index < -0.39 is 14.6 Å². The molecule has 1 aliphatic carbocycles. The van der Waals surface area contributed by atoms with E-state index in [1.54, 1.807) is 36.5 Å². The normalized spacial score (nSPS) is 26.0. The summed E-state index contributed by atoms with van der Waals surface area (Å²) in [5, 5.41) is 8.90. The van der Waals surface area contributed by atoms with E-state index in [4.69, 9.17) is 14.4 Å². The van der Waals surface area contributed by atoms with Crippen LogP contribution in [0.4, 0.5) is 0 Å². The van der Waals surface area contributed by atoms with Crippen molar-refractivity contribution < 1.29 is 22.3 Å². The molecule has 158 valence electrons. The fraction of sp³-hybridized carbons (Fsp3) is 0.476. The molecule has 2 aliphatic heterocycles. The van der Waals surface area contributed by atoms with Gasteiger partial charge >= 0.3 is 5.89 Å². The van der Waals surface area contributed by atoms with Gasteiger partial charge in [0.15, 0.2) is 15.7 Å². The lowest BCUT2D eigenvalue weighted by atomic mass is 10.0. The zero-order valence-electron chi connectivity index (χ0n) is 16.9. The zero-order chi connectivity index (χ0) is 20.8. The van der Waals surface area contributed by atoms with Gasteiger partial charge in [-0.25, -0.2) is 8.42 Å². The van der Waals surface area contributed by atoms with Gasteiger partial charge in [-0.3, -0.25) is 0 Å². The molecule has 3 aliphatic rings. The van der Waals surface area contributed by atoms with Crippen LogP contribution in [0.2, 0.25) is 0 Å². The van der Waals surface area contributed by atoms with E-state index in [0.29, 0.717) is 36.5 Å². The molecule has 0 amide bonds. The Labute approximate surface area is 175 Å². The fourth-order valence-corrected chi connectivity index (χ4v) is 6.56. The van der Waals surface area contributed by atoms with Crippen molar-refractivity contribution in [2.24, 2.45) is 5.10 Å². The summed E-state index contributed by atoms with van der Waals surface area (Å²) in [6.45, 7) is 4.26. The molecule has 30 heavy (non-hydrogen) atoms. The SMILES string of the molecule is CC[N+]1(C2CCOCC2)N=CC=C1c1nc(C2(S(=O)(=O)c3ccccc3)CC2)no1. The maximum absolute atomic E-state index is 13.3. The summed E-state index contributed by atoms with van der Waals surface area (Å²) < 4.78 is 37.1. The van der Waals surface area contributed by atoms with Crippen molar-refractivity contribution >= 4 is 21.7 Å². The number of benzene rings is 1. The molecule has 0 bridgehead atoms. The number of allylic oxidation sites excluding steroid dienone is 1. The highest BCUT2D eigenvalue weighted by molar-refractivity contribution is 7.92. The molecule has 1 aromatic carbocycles. The highest BCUT2D eigenvalue weighted by Gasteiger charge is 2.60. The minimum Gasteiger partial charge on any atom is -0.381 e. The first-order valence-corrected chi connectivity index (χ1v) is 11.9. The van der Waals surface area contributed by atoms with Crippen LogP contribution in [0.1, 0.15) is 44.3 Å². The van der Waals surface area contributed by atoms with Crippen molar-refractivity contribution in [1.29, 1.82) is 0 Å². The standard InChI is InChI=1S/C21H25N4O4S/c1-2-25(16-9-14-28-15-10-16)18(8-13-22-25)19-23-20(24-29-19)21(11-12-21)30(26,27)17-6-4-3-5-7-17/h3-8,13,16H,2,9-12,14-15H2,1H3/q+1. The summed E-state index contributed by atoms with van der Waals surface area (Å²) >= 11 is 0. The molecule has 1 atom stereocenters. The summed E-state index contributed by atoms with van der Waals surface area (Å²) in [5.41, 5.74) is 0.830. The number of sulfone groups is 1. The molecule has 0 radical (unpaired) electrons. The highest BCUT2D eigenvalue weighted by Crippen LogP contribution is 2.54. The quantitative estimate of drug-likeness (QED) is 0.656. The lowest BCUT2D eigenvalue weighted by Crippen LogP contribution is -2.50. The predicted octanol–water partition coefficient (Wildman–Crippen LogP) is 2.89. The maximum Gasteiger partial charge on any atom is 0.314 e. The van der Waals surface area contributed by atoms with E-state index in [-0.39, 0.29) is 16.8 Å². The second kappa shape index (κ2) is 7.11. The third-order valence-electron chi connectivity index (χ3n) is 6.52. The number of nitrogens with zero attached hydrogens (tertiary/aromatic N) is 4. The number of ether oxygens (including phenoxy) is 1. The topological polar surface area (TPSA) is 94.7 Å². The van der Waals surface area contributed by atoms with E-state index in [1.165, 1.54) is 0 Å². The smallest absolute Gasteiger partial charge is 0.314 e. The van der Waals surface area contributed by atoms with Gasteiger partial charge in [0.1, 0.15) is 17.3 Å². The van der Waals surface area contributed by atoms with Crippen LogP contribution in [0.5, 0.6) is 0 Å². The largest absolute Gasteiger partial charge is 0.381 e. The Bertz CT molecular complexity index is 1100.